The zero-order valence-corrected chi connectivity index (χ0v) is 12.7. The average molecular weight is 322 g/mol. The smallest absolute Gasteiger partial charge is 0.382 e. The topological polar surface area (TPSA) is 63.4 Å². The van der Waals surface area contributed by atoms with Crippen LogP contribution in [0.2, 0.25) is 0 Å². The summed E-state index contributed by atoms with van der Waals surface area (Å²) in [5.74, 6) is 0. The molecule has 1 aromatic rings. The number of hydrogen-bond acceptors (Lipinski definition) is 5. The molecule has 1 atom stereocenters. The van der Waals surface area contributed by atoms with Crippen molar-refractivity contribution in [3.8, 4) is 0 Å². The first kappa shape index (κ1) is 17.2. The van der Waals surface area contributed by atoms with Gasteiger partial charge in [-0.15, -0.1) is 5.10 Å². The Hall–Kier alpha value is -1.19. The number of β-amino-alcohol motifs (C(OH)–C–C–N with tert-alkyl or cyclic N) is 1. The van der Waals surface area contributed by atoms with Crippen molar-refractivity contribution in [2.24, 2.45) is 0 Å². The van der Waals surface area contributed by atoms with Gasteiger partial charge in [-0.05, 0) is 20.3 Å². The fourth-order valence-electron chi connectivity index (χ4n) is 2.39. The fraction of sp³-hybridized carbons (Fsp3) is 0.846. The molecule has 0 amide bonds. The van der Waals surface area contributed by atoms with Crippen LogP contribution in [0.1, 0.15) is 32.0 Å². The summed E-state index contributed by atoms with van der Waals surface area (Å²) in [5.41, 5.74) is -0.600. The predicted octanol–water partition coefficient (Wildman–Crippen LogP) is 1.33. The molecule has 1 aliphatic heterocycles. The maximum absolute atomic E-state index is 12.0. The highest BCUT2D eigenvalue weighted by atomic mass is 19.4. The molecule has 0 aliphatic carbocycles. The molecule has 9 heteroatoms. The van der Waals surface area contributed by atoms with Crippen molar-refractivity contribution in [1.29, 1.82) is 0 Å². The molecule has 1 aliphatic rings. The second kappa shape index (κ2) is 6.51. The van der Waals surface area contributed by atoms with Gasteiger partial charge >= 0.3 is 6.18 Å². The lowest BCUT2D eigenvalue weighted by atomic mass is 10.00. The van der Waals surface area contributed by atoms with Crippen LogP contribution in [0.4, 0.5) is 13.2 Å². The average Bonchev–Trinajstić information content (AvgIpc) is 3.01. The third kappa shape index (κ3) is 4.40. The lowest BCUT2D eigenvalue weighted by Gasteiger charge is -2.21. The maximum atomic E-state index is 12.0. The van der Waals surface area contributed by atoms with Crippen molar-refractivity contribution in [2.45, 2.75) is 38.1 Å². The Kier molecular flexibility index (Phi) is 5.08. The number of aliphatic hydroxyl groups is 1. The van der Waals surface area contributed by atoms with Crippen LogP contribution in [0.25, 0.3) is 0 Å². The van der Waals surface area contributed by atoms with Crippen LogP contribution in [-0.2, 0) is 10.3 Å². The third-order valence-corrected chi connectivity index (χ3v) is 3.66. The zero-order valence-electron chi connectivity index (χ0n) is 12.7. The highest BCUT2D eigenvalue weighted by Gasteiger charge is 2.40. The molecule has 22 heavy (non-hydrogen) atoms. The second-order valence-corrected chi connectivity index (χ2v) is 5.90. The summed E-state index contributed by atoms with van der Waals surface area (Å²) in [5, 5.41) is 18.6. The van der Waals surface area contributed by atoms with E-state index in [9.17, 15) is 18.3 Å². The molecular weight excluding hydrogens is 301 g/mol. The van der Waals surface area contributed by atoms with Crippen LogP contribution >= 0.6 is 0 Å². The van der Waals surface area contributed by atoms with Gasteiger partial charge in [0.05, 0.1) is 12.8 Å². The molecule has 0 saturated carbocycles. The fourth-order valence-corrected chi connectivity index (χ4v) is 2.39. The van der Waals surface area contributed by atoms with Gasteiger partial charge in [0.1, 0.15) is 17.9 Å². The summed E-state index contributed by atoms with van der Waals surface area (Å²) in [7, 11) is 0. The van der Waals surface area contributed by atoms with E-state index in [0.29, 0.717) is 31.7 Å². The van der Waals surface area contributed by atoms with Gasteiger partial charge in [0, 0.05) is 25.7 Å². The molecule has 1 N–H and O–H groups in total. The first-order valence-electron chi connectivity index (χ1n) is 7.21. The SMILES string of the molecule is CC(C)n1cc([C@]2(O)CCN(CCOCC(F)(F)F)C2)nn1. The summed E-state index contributed by atoms with van der Waals surface area (Å²) in [6.07, 6.45) is -2.11. The summed E-state index contributed by atoms with van der Waals surface area (Å²) >= 11 is 0. The van der Waals surface area contributed by atoms with Crippen molar-refractivity contribution >= 4 is 0 Å². The molecule has 0 bridgehead atoms. The van der Waals surface area contributed by atoms with Gasteiger partial charge in [0.15, 0.2) is 0 Å². The lowest BCUT2D eigenvalue weighted by Crippen LogP contribution is -2.33. The number of rotatable bonds is 6. The van der Waals surface area contributed by atoms with Gasteiger partial charge in [-0.1, -0.05) is 5.21 Å². The molecule has 1 saturated heterocycles. The number of hydrogen-bond donors (Lipinski definition) is 1. The van der Waals surface area contributed by atoms with E-state index in [1.165, 1.54) is 0 Å². The monoisotopic (exact) mass is 322 g/mol. The number of ether oxygens (including phenoxy) is 1. The standard InChI is InChI=1S/C13H21F3N4O2/c1-10(2)20-7-11(17-18-20)12(21)3-4-19(8-12)5-6-22-9-13(14,15)16/h7,10,21H,3-6,8-9H2,1-2H3/t12-/m0/s1. The van der Waals surface area contributed by atoms with E-state index >= 15 is 0 Å². The van der Waals surface area contributed by atoms with Crippen LogP contribution in [0, 0.1) is 0 Å². The van der Waals surface area contributed by atoms with E-state index in [2.05, 4.69) is 15.0 Å². The summed E-state index contributed by atoms with van der Waals surface area (Å²) in [6.45, 7) is 3.90. The van der Waals surface area contributed by atoms with Gasteiger partial charge in [-0.2, -0.15) is 13.2 Å². The summed E-state index contributed by atoms with van der Waals surface area (Å²) in [4.78, 5) is 1.87. The molecule has 6 nitrogen and oxygen atoms in total. The van der Waals surface area contributed by atoms with Gasteiger partial charge in [0.2, 0.25) is 0 Å². The first-order valence-corrected chi connectivity index (χ1v) is 7.21. The van der Waals surface area contributed by atoms with Crippen LogP contribution < -0.4 is 0 Å². The first-order chi connectivity index (χ1) is 10.2. The number of nitrogens with zero attached hydrogens (tertiary/aromatic N) is 4. The minimum absolute atomic E-state index is 0.0196. The van der Waals surface area contributed by atoms with Gasteiger partial charge in [0.25, 0.3) is 0 Å². The molecule has 1 aromatic heterocycles. The van der Waals surface area contributed by atoms with E-state index in [1.54, 1.807) is 10.9 Å². The van der Waals surface area contributed by atoms with E-state index in [4.69, 9.17) is 0 Å². The Morgan fingerprint density at radius 3 is 2.77 bits per heavy atom. The molecule has 0 radical (unpaired) electrons. The van der Waals surface area contributed by atoms with Crippen molar-refractivity contribution in [1.82, 2.24) is 19.9 Å². The second-order valence-electron chi connectivity index (χ2n) is 5.90. The van der Waals surface area contributed by atoms with Crippen molar-refractivity contribution in [3.05, 3.63) is 11.9 Å². The number of likely N-dealkylation sites (tertiary alicyclic amines) is 1. The Bertz CT molecular complexity index is 492. The molecule has 2 heterocycles. The molecule has 0 aromatic carbocycles. The molecule has 0 spiro atoms. The van der Waals surface area contributed by atoms with Gasteiger partial charge < -0.3 is 9.84 Å². The van der Waals surface area contributed by atoms with Crippen LogP contribution in [0.15, 0.2) is 6.20 Å². The van der Waals surface area contributed by atoms with E-state index < -0.39 is 18.4 Å². The van der Waals surface area contributed by atoms with Crippen LogP contribution in [0.5, 0.6) is 0 Å². The lowest BCUT2D eigenvalue weighted by molar-refractivity contribution is -0.174. The summed E-state index contributed by atoms with van der Waals surface area (Å²) in [6, 6.07) is 0.151. The van der Waals surface area contributed by atoms with Gasteiger partial charge in [-0.25, -0.2) is 4.68 Å². The number of halogens is 3. The van der Waals surface area contributed by atoms with E-state index in [0.717, 1.165) is 0 Å². The normalized spacial score (nSPS) is 23.6. The number of alkyl halides is 3. The van der Waals surface area contributed by atoms with Gasteiger partial charge in [-0.3, -0.25) is 4.90 Å². The predicted molar refractivity (Wildman–Crippen MR) is 72.2 cm³/mol. The minimum Gasteiger partial charge on any atom is -0.382 e. The number of aromatic nitrogens is 3. The maximum Gasteiger partial charge on any atom is 0.411 e. The Labute approximate surface area is 126 Å². The van der Waals surface area contributed by atoms with Crippen LogP contribution in [0.3, 0.4) is 0 Å². The van der Waals surface area contributed by atoms with Crippen molar-refractivity contribution < 1.29 is 23.0 Å². The highest BCUT2D eigenvalue weighted by molar-refractivity contribution is 5.11. The van der Waals surface area contributed by atoms with Crippen molar-refractivity contribution in [2.75, 3.05) is 32.8 Å². The van der Waals surface area contributed by atoms with Crippen molar-refractivity contribution in [3.63, 3.8) is 0 Å². The third-order valence-electron chi connectivity index (χ3n) is 3.66. The Morgan fingerprint density at radius 1 is 1.45 bits per heavy atom. The van der Waals surface area contributed by atoms with E-state index in [1.807, 2.05) is 18.7 Å². The summed E-state index contributed by atoms with van der Waals surface area (Å²) < 4.78 is 42.2. The quantitative estimate of drug-likeness (QED) is 0.801. The molecule has 0 unspecified atom stereocenters. The largest absolute Gasteiger partial charge is 0.411 e. The zero-order chi connectivity index (χ0) is 16.4. The van der Waals surface area contributed by atoms with Crippen LogP contribution in [-0.4, -0.2) is 64.0 Å². The molecule has 1 fully saturated rings. The minimum atomic E-state index is -4.30. The Morgan fingerprint density at radius 2 is 2.18 bits per heavy atom. The molecular formula is C13H21F3N4O2. The Balaban J connectivity index is 1.83. The molecule has 126 valence electrons. The highest BCUT2D eigenvalue weighted by Crippen LogP contribution is 2.30. The van der Waals surface area contributed by atoms with E-state index in [-0.39, 0.29) is 12.6 Å². The molecule has 2 rings (SSSR count).